The maximum absolute atomic E-state index is 12.3. The second-order valence-corrected chi connectivity index (χ2v) is 7.96. The highest BCUT2D eigenvalue weighted by Gasteiger charge is 2.36. The molecule has 1 rings (SSSR count). The van der Waals surface area contributed by atoms with Crippen molar-refractivity contribution in [3.8, 4) is 0 Å². The molecule has 0 saturated heterocycles. The van der Waals surface area contributed by atoms with Crippen molar-refractivity contribution in [2.45, 2.75) is 50.7 Å². The van der Waals surface area contributed by atoms with E-state index in [1.807, 2.05) is 13.8 Å². The fraction of sp³-hybridized carbons (Fsp3) is 0.571. The lowest BCUT2D eigenvalue weighted by Gasteiger charge is -2.10. The van der Waals surface area contributed by atoms with Gasteiger partial charge in [0.15, 0.2) is 0 Å². The van der Waals surface area contributed by atoms with Gasteiger partial charge >= 0.3 is 8.03 Å². The molecule has 0 aliphatic heterocycles. The van der Waals surface area contributed by atoms with E-state index in [0.717, 1.165) is 18.4 Å². The van der Waals surface area contributed by atoms with Gasteiger partial charge in [-0.1, -0.05) is 31.0 Å². The molecule has 2 atom stereocenters. The normalized spacial score (nSPS) is 14.0. The van der Waals surface area contributed by atoms with Crippen LogP contribution in [0.3, 0.4) is 0 Å². The molecule has 0 saturated carbocycles. The van der Waals surface area contributed by atoms with Crippen LogP contribution in [0.2, 0.25) is 0 Å². The van der Waals surface area contributed by atoms with E-state index in [1.165, 1.54) is 0 Å². The molecule has 0 amide bonds. The summed E-state index contributed by atoms with van der Waals surface area (Å²) >= 11 is 0. The molecule has 21 heavy (non-hydrogen) atoms. The van der Waals surface area contributed by atoms with Crippen molar-refractivity contribution in [3.05, 3.63) is 29.8 Å². The number of benzene rings is 1. The summed E-state index contributed by atoms with van der Waals surface area (Å²) in [5.74, 6) is -0.689. The average molecular weight is 332 g/mol. The van der Waals surface area contributed by atoms with Crippen molar-refractivity contribution < 1.29 is 17.5 Å². The predicted molar refractivity (Wildman–Crippen MR) is 84.0 cm³/mol. The Hall–Kier alpha value is -0.810. The van der Waals surface area contributed by atoms with Crippen LogP contribution >= 0.6 is 8.03 Å². The Morgan fingerprint density at radius 1 is 1.24 bits per heavy atom. The van der Waals surface area contributed by atoms with E-state index in [4.69, 9.17) is 4.52 Å². The van der Waals surface area contributed by atoms with Gasteiger partial charge in [-0.2, -0.15) is 4.72 Å². The van der Waals surface area contributed by atoms with Crippen LogP contribution in [0.15, 0.2) is 29.2 Å². The Balaban J connectivity index is 2.89. The van der Waals surface area contributed by atoms with Gasteiger partial charge in [0, 0.05) is 6.42 Å². The van der Waals surface area contributed by atoms with Gasteiger partial charge in [-0.25, -0.2) is 8.42 Å². The predicted octanol–water partition coefficient (Wildman–Crippen LogP) is 3.57. The van der Waals surface area contributed by atoms with Crippen molar-refractivity contribution in [3.63, 3.8) is 0 Å². The molecule has 1 N–H and O–H groups in total. The largest absolute Gasteiger partial charge is 0.528 e. The van der Waals surface area contributed by atoms with Gasteiger partial charge in [0.25, 0.3) is 5.78 Å². The van der Waals surface area contributed by atoms with Crippen LogP contribution in [0.5, 0.6) is 0 Å². The zero-order valence-electron chi connectivity index (χ0n) is 12.7. The Kier molecular flexibility index (Phi) is 7.46. The zero-order valence-corrected chi connectivity index (χ0v) is 14.4. The summed E-state index contributed by atoms with van der Waals surface area (Å²) in [4.78, 5) is 0.175. The molecule has 1 aromatic rings. The molecular weight excluding hydrogens is 309 g/mol. The van der Waals surface area contributed by atoms with E-state index in [-0.39, 0.29) is 4.90 Å². The summed E-state index contributed by atoms with van der Waals surface area (Å²) in [7, 11) is -5.74. The second kappa shape index (κ2) is 8.59. The highest BCUT2D eigenvalue weighted by Crippen LogP contribution is 2.32. The fourth-order valence-corrected chi connectivity index (χ4v) is 4.48. The van der Waals surface area contributed by atoms with Crippen LogP contribution in [-0.4, -0.2) is 20.8 Å². The van der Waals surface area contributed by atoms with E-state index in [1.54, 1.807) is 31.2 Å². The summed E-state index contributed by atoms with van der Waals surface area (Å²) in [5, 5.41) is 0. The van der Waals surface area contributed by atoms with Crippen molar-refractivity contribution >= 4 is 18.1 Å². The van der Waals surface area contributed by atoms with E-state index < -0.39 is 23.8 Å². The molecule has 0 radical (unpaired) electrons. The van der Waals surface area contributed by atoms with E-state index in [2.05, 4.69) is 4.72 Å². The minimum atomic E-state index is -3.68. The standard InChI is InChI=1S/C14H23NO4PS/c1-4-6-7-14(20(16)19-5-2)15-21(17,18)13-10-8-12(3)9-11-13/h8-11,14-15H,4-7H2,1-3H3/q+1/t14-/m1/s1. The molecule has 0 aliphatic carbocycles. The number of unbranched alkanes of at least 4 members (excludes halogenated alkanes) is 1. The number of nitrogens with one attached hydrogen (secondary N) is 1. The SMILES string of the molecule is CCCC[C@H](NS(=O)(=O)c1ccc(C)cc1)[P+](=O)OCC. The third-order valence-electron chi connectivity index (χ3n) is 2.96. The smallest absolute Gasteiger partial charge is 0.207 e. The van der Waals surface area contributed by atoms with Crippen LogP contribution in [0.1, 0.15) is 38.7 Å². The Labute approximate surface area is 128 Å². The van der Waals surface area contributed by atoms with Crippen LogP contribution in [0.4, 0.5) is 0 Å². The van der Waals surface area contributed by atoms with Gasteiger partial charge in [-0.3, -0.25) is 0 Å². The van der Waals surface area contributed by atoms with Gasteiger partial charge < -0.3 is 0 Å². The summed E-state index contributed by atoms with van der Waals surface area (Å²) in [5.41, 5.74) is 0.983. The van der Waals surface area contributed by atoms with E-state index >= 15 is 0 Å². The third-order valence-corrected chi connectivity index (χ3v) is 6.04. The topological polar surface area (TPSA) is 72.5 Å². The number of rotatable bonds is 9. The number of aryl methyl sites for hydroxylation is 1. The minimum absolute atomic E-state index is 0.175. The molecule has 7 heteroatoms. The first-order chi connectivity index (χ1) is 9.90. The van der Waals surface area contributed by atoms with Crippen molar-refractivity contribution in [2.75, 3.05) is 6.61 Å². The first-order valence-electron chi connectivity index (χ1n) is 7.09. The van der Waals surface area contributed by atoms with Gasteiger partial charge in [-0.15, -0.1) is 4.52 Å². The number of sulfonamides is 1. The molecule has 5 nitrogen and oxygen atoms in total. The minimum Gasteiger partial charge on any atom is -0.207 e. The fourth-order valence-electron chi connectivity index (χ4n) is 1.79. The van der Waals surface area contributed by atoms with E-state index in [0.29, 0.717) is 13.0 Å². The summed E-state index contributed by atoms with van der Waals surface area (Å²) in [6.45, 7) is 5.92. The molecule has 0 spiro atoms. The van der Waals surface area contributed by atoms with Crippen LogP contribution in [-0.2, 0) is 19.1 Å². The highest BCUT2D eigenvalue weighted by molar-refractivity contribution is 7.89. The lowest BCUT2D eigenvalue weighted by atomic mass is 10.2. The average Bonchev–Trinajstić information content (AvgIpc) is 2.44. The van der Waals surface area contributed by atoms with Crippen molar-refractivity contribution in [2.24, 2.45) is 0 Å². The Morgan fingerprint density at radius 3 is 2.38 bits per heavy atom. The third kappa shape index (κ3) is 5.83. The number of hydrogen-bond donors (Lipinski definition) is 1. The van der Waals surface area contributed by atoms with Gasteiger partial charge in [0.2, 0.25) is 10.0 Å². The van der Waals surface area contributed by atoms with Crippen molar-refractivity contribution in [1.29, 1.82) is 0 Å². The molecule has 0 bridgehead atoms. The molecule has 1 unspecified atom stereocenters. The van der Waals surface area contributed by atoms with E-state index in [9.17, 15) is 13.0 Å². The monoisotopic (exact) mass is 332 g/mol. The summed E-state index contributed by atoms with van der Waals surface area (Å²) in [6, 6.07) is 6.56. The van der Waals surface area contributed by atoms with Crippen LogP contribution in [0, 0.1) is 6.92 Å². The first kappa shape index (κ1) is 18.2. The lowest BCUT2D eigenvalue weighted by Crippen LogP contribution is -2.32. The Bertz CT molecular complexity index is 557. The second-order valence-electron chi connectivity index (χ2n) is 4.80. The molecular formula is C14H23NO4PS+. The summed E-state index contributed by atoms with van der Waals surface area (Å²) < 4.78 is 44.3. The highest BCUT2D eigenvalue weighted by atomic mass is 32.2. The molecule has 0 heterocycles. The molecule has 1 aromatic carbocycles. The van der Waals surface area contributed by atoms with Gasteiger partial charge in [0.05, 0.1) is 11.5 Å². The van der Waals surface area contributed by atoms with Gasteiger partial charge in [0.1, 0.15) is 0 Å². The first-order valence-corrected chi connectivity index (χ1v) is 9.82. The molecule has 0 aliphatic rings. The maximum Gasteiger partial charge on any atom is 0.528 e. The maximum atomic E-state index is 12.3. The molecule has 118 valence electrons. The van der Waals surface area contributed by atoms with Crippen LogP contribution in [0.25, 0.3) is 0 Å². The Morgan fingerprint density at radius 2 is 1.86 bits per heavy atom. The van der Waals surface area contributed by atoms with Gasteiger partial charge in [-0.05, 0) is 37.0 Å². The number of hydrogen-bond acceptors (Lipinski definition) is 4. The molecule has 0 aromatic heterocycles. The van der Waals surface area contributed by atoms with Crippen molar-refractivity contribution in [1.82, 2.24) is 4.72 Å². The zero-order chi connectivity index (χ0) is 15.9. The summed E-state index contributed by atoms with van der Waals surface area (Å²) in [6.07, 6.45) is 2.18. The quantitative estimate of drug-likeness (QED) is 0.702. The van der Waals surface area contributed by atoms with Crippen LogP contribution < -0.4 is 4.72 Å². The lowest BCUT2D eigenvalue weighted by molar-refractivity contribution is 0.339. The molecule has 0 fully saturated rings.